The van der Waals surface area contributed by atoms with E-state index in [1.54, 1.807) is 15.6 Å². The first-order valence-corrected chi connectivity index (χ1v) is 11.2. The Kier molecular flexibility index (Phi) is 5.89. The van der Waals surface area contributed by atoms with Gasteiger partial charge in [-0.1, -0.05) is 17.3 Å². The van der Waals surface area contributed by atoms with Gasteiger partial charge in [0.15, 0.2) is 5.82 Å². The number of carbonyl (C=O) groups excluding carboxylic acids is 1. The highest BCUT2D eigenvalue weighted by atomic mass is 16.5. The Balaban J connectivity index is 1.27. The number of nitrogens with zero attached hydrogens (tertiary/aromatic N) is 5. The second-order valence-corrected chi connectivity index (χ2v) is 8.18. The molecule has 4 heterocycles. The summed E-state index contributed by atoms with van der Waals surface area (Å²) in [6.45, 7) is 5.34. The summed E-state index contributed by atoms with van der Waals surface area (Å²) < 4.78 is 19.1. The van der Waals surface area contributed by atoms with Crippen LogP contribution < -0.4 is 4.74 Å². The molecule has 1 amide bonds. The lowest BCUT2D eigenvalue weighted by molar-refractivity contribution is 0.0765. The second-order valence-electron chi connectivity index (χ2n) is 8.18. The molecule has 9 heteroatoms. The van der Waals surface area contributed by atoms with Gasteiger partial charge < -0.3 is 18.9 Å². The first kappa shape index (κ1) is 20.7. The molecule has 2 aliphatic heterocycles. The molecule has 32 heavy (non-hydrogen) atoms. The minimum absolute atomic E-state index is 0.0606. The van der Waals surface area contributed by atoms with Gasteiger partial charge in [0.1, 0.15) is 17.5 Å². The maximum absolute atomic E-state index is 12.8. The van der Waals surface area contributed by atoms with Gasteiger partial charge in [0.05, 0.1) is 12.1 Å². The summed E-state index contributed by atoms with van der Waals surface area (Å²) >= 11 is 0. The third-order valence-electron chi connectivity index (χ3n) is 6.06. The lowest BCUT2D eigenvalue weighted by atomic mass is 10.00. The minimum atomic E-state index is -0.105. The summed E-state index contributed by atoms with van der Waals surface area (Å²) in [5.41, 5.74) is 1.24. The maximum Gasteiger partial charge on any atom is 0.274 e. The van der Waals surface area contributed by atoms with Crippen LogP contribution in [0.25, 0.3) is 11.5 Å². The third-order valence-corrected chi connectivity index (χ3v) is 6.06. The van der Waals surface area contributed by atoms with Crippen molar-refractivity contribution in [1.29, 1.82) is 0 Å². The number of aromatic nitrogens is 4. The summed E-state index contributed by atoms with van der Waals surface area (Å²) in [6, 6.07) is 9.44. The SMILES string of the molecule is CCn1ccc(C(=O)N2CCC(Oc3ccccc3-c3nc(C4CCOCC4)no3)C2)n1. The van der Waals surface area contributed by atoms with Crippen LogP contribution in [0.3, 0.4) is 0 Å². The Morgan fingerprint density at radius 2 is 2.03 bits per heavy atom. The quantitative estimate of drug-likeness (QED) is 0.585. The Labute approximate surface area is 186 Å². The van der Waals surface area contributed by atoms with Crippen molar-refractivity contribution in [2.75, 3.05) is 26.3 Å². The lowest BCUT2D eigenvalue weighted by Gasteiger charge is -2.18. The highest BCUT2D eigenvalue weighted by Crippen LogP contribution is 2.33. The average molecular weight is 438 g/mol. The van der Waals surface area contributed by atoms with Crippen LogP contribution in [0.1, 0.15) is 48.4 Å². The molecule has 0 bridgehead atoms. The predicted octanol–water partition coefficient (Wildman–Crippen LogP) is 3.14. The molecule has 2 saturated heterocycles. The third kappa shape index (κ3) is 4.25. The Bertz CT molecular complexity index is 1070. The van der Waals surface area contributed by atoms with Crippen molar-refractivity contribution >= 4 is 5.91 Å². The second kappa shape index (κ2) is 9.12. The molecule has 5 rings (SSSR count). The van der Waals surface area contributed by atoms with Crippen LogP contribution in [0, 0.1) is 0 Å². The van der Waals surface area contributed by atoms with E-state index in [2.05, 4.69) is 15.2 Å². The van der Waals surface area contributed by atoms with Crippen LogP contribution >= 0.6 is 0 Å². The molecule has 2 aliphatic rings. The van der Waals surface area contributed by atoms with Crippen LogP contribution in [-0.4, -0.2) is 63.1 Å². The average Bonchev–Trinajstić information content (AvgIpc) is 3.60. The molecule has 0 radical (unpaired) electrons. The van der Waals surface area contributed by atoms with Crippen LogP contribution in [0.2, 0.25) is 0 Å². The van der Waals surface area contributed by atoms with Gasteiger partial charge >= 0.3 is 0 Å². The van der Waals surface area contributed by atoms with Crippen molar-refractivity contribution in [2.24, 2.45) is 0 Å². The highest BCUT2D eigenvalue weighted by molar-refractivity contribution is 5.92. The number of hydrogen-bond donors (Lipinski definition) is 0. The molecule has 2 fully saturated rings. The van der Waals surface area contributed by atoms with Crippen LogP contribution in [0.15, 0.2) is 41.1 Å². The first-order valence-electron chi connectivity index (χ1n) is 11.2. The molecular formula is C23H27N5O4. The molecule has 0 saturated carbocycles. The van der Waals surface area contributed by atoms with Gasteiger partial charge in [0.2, 0.25) is 0 Å². The van der Waals surface area contributed by atoms with E-state index in [4.69, 9.17) is 14.0 Å². The van der Waals surface area contributed by atoms with Crippen LogP contribution in [0.4, 0.5) is 0 Å². The number of benzene rings is 1. The molecule has 9 nitrogen and oxygen atoms in total. The monoisotopic (exact) mass is 437 g/mol. The first-order chi connectivity index (χ1) is 15.7. The van der Waals surface area contributed by atoms with E-state index >= 15 is 0 Å². The zero-order valence-electron chi connectivity index (χ0n) is 18.1. The molecule has 1 aromatic carbocycles. The number of para-hydroxylation sites is 1. The van der Waals surface area contributed by atoms with Crippen molar-refractivity contribution in [3.8, 4) is 17.2 Å². The molecule has 3 aromatic rings. The topological polar surface area (TPSA) is 95.5 Å². The van der Waals surface area contributed by atoms with Gasteiger partial charge in [-0.3, -0.25) is 9.48 Å². The van der Waals surface area contributed by atoms with Crippen molar-refractivity contribution in [3.05, 3.63) is 48.0 Å². The van der Waals surface area contributed by atoms with E-state index in [-0.39, 0.29) is 17.9 Å². The zero-order valence-corrected chi connectivity index (χ0v) is 18.1. The van der Waals surface area contributed by atoms with Gasteiger partial charge in [-0.25, -0.2) is 0 Å². The zero-order chi connectivity index (χ0) is 21.9. The molecule has 0 N–H and O–H groups in total. The van der Waals surface area contributed by atoms with Crippen molar-refractivity contribution in [1.82, 2.24) is 24.8 Å². The lowest BCUT2D eigenvalue weighted by Crippen LogP contribution is -2.31. The van der Waals surface area contributed by atoms with Crippen molar-refractivity contribution in [3.63, 3.8) is 0 Å². The fourth-order valence-electron chi connectivity index (χ4n) is 4.21. The van der Waals surface area contributed by atoms with E-state index in [1.165, 1.54) is 0 Å². The Hall–Kier alpha value is -3.20. The van der Waals surface area contributed by atoms with Gasteiger partial charge in [0, 0.05) is 44.8 Å². The summed E-state index contributed by atoms with van der Waals surface area (Å²) in [4.78, 5) is 19.2. The molecule has 0 aliphatic carbocycles. The number of carbonyl (C=O) groups is 1. The fraction of sp³-hybridized carbons (Fsp3) is 0.478. The van der Waals surface area contributed by atoms with Gasteiger partial charge in [0.25, 0.3) is 11.8 Å². The normalized spacial score (nSPS) is 19.4. The number of likely N-dealkylation sites (tertiary alicyclic amines) is 1. The van der Waals surface area contributed by atoms with E-state index in [9.17, 15) is 4.79 Å². The standard InChI is InChI=1S/C23H27N5O4/c1-2-28-12-8-19(25-28)23(29)27-11-7-17(15-27)31-20-6-4-3-5-18(20)22-24-21(26-32-22)16-9-13-30-14-10-16/h3-6,8,12,16-17H,2,7,9-11,13-15H2,1H3. The van der Waals surface area contributed by atoms with Gasteiger partial charge in [-0.2, -0.15) is 10.1 Å². The smallest absolute Gasteiger partial charge is 0.274 e. The fourth-order valence-corrected chi connectivity index (χ4v) is 4.21. The Morgan fingerprint density at radius 1 is 1.19 bits per heavy atom. The number of aryl methyl sites for hydroxylation is 1. The van der Waals surface area contributed by atoms with Crippen LogP contribution in [-0.2, 0) is 11.3 Å². The van der Waals surface area contributed by atoms with Gasteiger partial charge in [-0.15, -0.1) is 0 Å². The molecule has 168 valence electrons. The van der Waals surface area contributed by atoms with E-state index < -0.39 is 0 Å². The molecule has 0 spiro atoms. The molecular weight excluding hydrogens is 410 g/mol. The highest BCUT2D eigenvalue weighted by Gasteiger charge is 2.30. The Morgan fingerprint density at radius 3 is 2.84 bits per heavy atom. The largest absolute Gasteiger partial charge is 0.488 e. The van der Waals surface area contributed by atoms with Crippen LogP contribution in [0.5, 0.6) is 5.75 Å². The van der Waals surface area contributed by atoms with E-state index in [0.29, 0.717) is 30.4 Å². The van der Waals surface area contributed by atoms with E-state index in [1.807, 2.05) is 37.4 Å². The molecule has 1 atom stereocenters. The minimum Gasteiger partial charge on any atom is -0.488 e. The van der Waals surface area contributed by atoms with Gasteiger partial charge in [-0.05, 0) is 38.0 Å². The summed E-state index contributed by atoms with van der Waals surface area (Å²) in [5, 5.41) is 8.53. The number of ether oxygens (including phenoxy) is 2. The van der Waals surface area contributed by atoms with Crippen molar-refractivity contribution in [2.45, 2.75) is 44.8 Å². The summed E-state index contributed by atoms with van der Waals surface area (Å²) in [7, 11) is 0. The molecule has 1 unspecified atom stereocenters. The number of rotatable bonds is 6. The summed E-state index contributed by atoms with van der Waals surface area (Å²) in [5.74, 6) is 2.07. The molecule has 2 aromatic heterocycles. The summed E-state index contributed by atoms with van der Waals surface area (Å²) in [6.07, 6.45) is 4.28. The van der Waals surface area contributed by atoms with Crippen molar-refractivity contribution < 1.29 is 18.8 Å². The number of amides is 1. The maximum atomic E-state index is 12.8. The van der Waals surface area contributed by atoms with E-state index in [0.717, 1.165) is 50.4 Å². The predicted molar refractivity (Wildman–Crippen MR) is 115 cm³/mol. The number of hydrogen-bond acceptors (Lipinski definition) is 7.